The van der Waals surface area contributed by atoms with Gasteiger partial charge in [0.05, 0.1) is 6.67 Å². The van der Waals surface area contributed by atoms with Crippen molar-refractivity contribution < 1.29 is 8.78 Å². The average Bonchev–Trinajstić information content (AvgIpc) is 2.38. The molecule has 1 saturated heterocycles. The molecule has 1 N–H and O–H groups in total. The normalized spacial score (nSPS) is 17.8. The molecule has 1 atom stereocenters. The molecule has 1 aliphatic rings. The molecule has 1 aromatic rings. The summed E-state index contributed by atoms with van der Waals surface area (Å²) >= 11 is 3.24. The Morgan fingerprint density at radius 1 is 1.32 bits per heavy atom. The Hall–Kier alpha value is -0.230. The Morgan fingerprint density at radius 3 is 2.58 bits per heavy atom. The molecule has 0 spiro atoms. The van der Waals surface area contributed by atoms with Crippen LogP contribution in [-0.4, -0.2) is 37.8 Å². The van der Waals surface area contributed by atoms with Gasteiger partial charge < -0.3 is 5.32 Å². The van der Waals surface area contributed by atoms with E-state index in [-0.39, 0.29) is 24.3 Å². The van der Waals surface area contributed by atoms with E-state index in [0.717, 1.165) is 26.2 Å². The van der Waals surface area contributed by atoms with Gasteiger partial charge in [-0.05, 0) is 18.6 Å². The van der Waals surface area contributed by atoms with E-state index in [1.807, 2.05) is 6.07 Å². The van der Waals surface area contributed by atoms with Gasteiger partial charge >= 0.3 is 0 Å². The van der Waals surface area contributed by atoms with E-state index in [0.29, 0.717) is 16.5 Å². The molecule has 108 valence electrons. The molecule has 0 aliphatic carbocycles. The first-order chi connectivity index (χ1) is 8.72. The van der Waals surface area contributed by atoms with Gasteiger partial charge in [-0.25, -0.2) is 4.39 Å². The molecule has 0 unspecified atom stereocenters. The van der Waals surface area contributed by atoms with Crippen molar-refractivity contribution in [1.29, 1.82) is 0 Å². The van der Waals surface area contributed by atoms with E-state index in [2.05, 4.69) is 26.1 Å². The van der Waals surface area contributed by atoms with Crippen molar-refractivity contribution in [2.24, 2.45) is 0 Å². The predicted molar refractivity (Wildman–Crippen MR) is 79.1 cm³/mol. The number of nitrogens with one attached hydrogen (secondary N) is 1. The summed E-state index contributed by atoms with van der Waals surface area (Å²) in [5.41, 5.74) is 0.595. The summed E-state index contributed by atoms with van der Waals surface area (Å²) in [5, 5.41) is 3.25. The Balaban J connectivity index is 0.00000180. The second kappa shape index (κ2) is 8.15. The summed E-state index contributed by atoms with van der Waals surface area (Å²) in [5.74, 6) is -0.263. The van der Waals surface area contributed by atoms with Gasteiger partial charge in [0.2, 0.25) is 0 Å². The monoisotopic (exact) mass is 354 g/mol. The fourth-order valence-electron chi connectivity index (χ4n) is 2.40. The average molecular weight is 356 g/mol. The largest absolute Gasteiger partial charge is 0.314 e. The van der Waals surface area contributed by atoms with Crippen molar-refractivity contribution in [2.75, 3.05) is 32.9 Å². The third-order valence-corrected chi connectivity index (χ3v) is 3.79. The van der Waals surface area contributed by atoms with Gasteiger partial charge in [0.15, 0.2) is 0 Å². The van der Waals surface area contributed by atoms with Crippen LogP contribution in [0.1, 0.15) is 18.0 Å². The first kappa shape index (κ1) is 16.8. The van der Waals surface area contributed by atoms with Crippen LogP contribution in [0.4, 0.5) is 8.78 Å². The lowest BCUT2D eigenvalue weighted by molar-refractivity contribution is 0.154. The molecular weight excluding hydrogens is 338 g/mol. The summed E-state index contributed by atoms with van der Waals surface area (Å²) < 4.78 is 27.4. The van der Waals surface area contributed by atoms with Gasteiger partial charge in [0.1, 0.15) is 5.82 Å². The van der Waals surface area contributed by atoms with Crippen LogP contribution in [0.25, 0.3) is 0 Å². The van der Waals surface area contributed by atoms with Crippen molar-refractivity contribution in [3.63, 3.8) is 0 Å². The molecule has 0 bridgehead atoms. The molecule has 0 aromatic heterocycles. The van der Waals surface area contributed by atoms with Crippen LogP contribution in [0.2, 0.25) is 0 Å². The second-order valence-corrected chi connectivity index (χ2v) is 5.36. The quantitative estimate of drug-likeness (QED) is 0.891. The highest BCUT2D eigenvalue weighted by Gasteiger charge is 2.24. The number of benzene rings is 1. The van der Waals surface area contributed by atoms with E-state index in [1.165, 1.54) is 6.07 Å². The maximum absolute atomic E-state index is 14.0. The lowest BCUT2D eigenvalue weighted by Crippen LogP contribution is -2.45. The Bertz CT molecular complexity index is 400. The maximum Gasteiger partial charge on any atom is 0.129 e. The molecule has 19 heavy (non-hydrogen) atoms. The first-order valence-corrected chi connectivity index (χ1v) is 6.97. The number of piperazine rings is 1. The lowest BCUT2D eigenvalue weighted by atomic mass is 10.0. The zero-order valence-corrected chi connectivity index (χ0v) is 12.9. The minimum absolute atomic E-state index is 0. The Labute approximate surface area is 127 Å². The highest BCUT2D eigenvalue weighted by Crippen LogP contribution is 2.28. The molecule has 0 amide bonds. The Morgan fingerprint density at radius 2 is 2.00 bits per heavy atom. The van der Waals surface area contributed by atoms with Gasteiger partial charge in [-0.2, -0.15) is 0 Å². The molecule has 2 rings (SSSR count). The summed E-state index contributed by atoms with van der Waals surface area (Å²) in [6.07, 6.45) is 0.346. The van der Waals surface area contributed by atoms with Crippen molar-refractivity contribution in [3.05, 3.63) is 34.1 Å². The van der Waals surface area contributed by atoms with Crippen LogP contribution < -0.4 is 5.32 Å². The van der Waals surface area contributed by atoms with E-state index < -0.39 is 6.67 Å². The third kappa shape index (κ3) is 4.38. The van der Waals surface area contributed by atoms with E-state index >= 15 is 0 Å². The van der Waals surface area contributed by atoms with E-state index in [9.17, 15) is 8.78 Å². The molecule has 1 aliphatic heterocycles. The molecule has 1 fully saturated rings. The maximum atomic E-state index is 14.0. The smallest absolute Gasteiger partial charge is 0.129 e. The highest BCUT2D eigenvalue weighted by molar-refractivity contribution is 9.10. The van der Waals surface area contributed by atoms with Crippen molar-refractivity contribution >= 4 is 28.3 Å². The predicted octanol–water partition coefficient (Wildman–Crippen LogP) is 3.32. The van der Waals surface area contributed by atoms with Gasteiger partial charge in [0, 0.05) is 42.3 Å². The van der Waals surface area contributed by atoms with Crippen molar-refractivity contribution in [2.45, 2.75) is 12.5 Å². The zero-order valence-electron chi connectivity index (χ0n) is 10.5. The number of alkyl halides is 1. The van der Waals surface area contributed by atoms with Gasteiger partial charge in [0.25, 0.3) is 0 Å². The summed E-state index contributed by atoms with van der Waals surface area (Å²) in [6.45, 7) is 2.99. The van der Waals surface area contributed by atoms with Gasteiger partial charge in [-0.1, -0.05) is 22.0 Å². The molecule has 1 aromatic carbocycles. The number of rotatable bonds is 4. The highest BCUT2D eigenvalue weighted by atomic mass is 79.9. The molecule has 1 heterocycles. The van der Waals surface area contributed by atoms with Gasteiger partial charge in [-0.15, -0.1) is 12.4 Å². The van der Waals surface area contributed by atoms with Gasteiger partial charge in [-0.3, -0.25) is 9.29 Å². The van der Waals surface area contributed by atoms with E-state index in [1.54, 1.807) is 6.07 Å². The number of hydrogen-bond acceptors (Lipinski definition) is 2. The SMILES string of the molecule is Cl.FCC[C@@H](c1ccc(Br)cc1F)N1CCNCC1. The molecule has 0 saturated carbocycles. The Kier molecular flexibility index (Phi) is 7.21. The van der Waals surface area contributed by atoms with Crippen LogP contribution in [0.3, 0.4) is 0 Å². The van der Waals surface area contributed by atoms with E-state index in [4.69, 9.17) is 0 Å². The van der Waals surface area contributed by atoms with Crippen LogP contribution in [0.15, 0.2) is 22.7 Å². The number of halogens is 4. The van der Waals surface area contributed by atoms with Crippen LogP contribution in [0.5, 0.6) is 0 Å². The van der Waals surface area contributed by atoms with Crippen LogP contribution in [0, 0.1) is 5.82 Å². The number of hydrogen-bond donors (Lipinski definition) is 1. The summed E-state index contributed by atoms with van der Waals surface area (Å²) in [4.78, 5) is 2.16. The minimum atomic E-state index is -0.426. The molecule has 0 radical (unpaired) electrons. The fourth-order valence-corrected chi connectivity index (χ4v) is 2.74. The number of nitrogens with zero attached hydrogens (tertiary/aromatic N) is 1. The fraction of sp³-hybridized carbons (Fsp3) is 0.538. The summed E-state index contributed by atoms with van der Waals surface area (Å²) in [6, 6.07) is 4.85. The third-order valence-electron chi connectivity index (χ3n) is 3.30. The second-order valence-electron chi connectivity index (χ2n) is 4.45. The molecular formula is C13H18BrClF2N2. The topological polar surface area (TPSA) is 15.3 Å². The van der Waals surface area contributed by atoms with Crippen LogP contribution in [-0.2, 0) is 0 Å². The zero-order chi connectivity index (χ0) is 13.0. The standard InChI is InChI=1S/C13H17BrF2N2.ClH/c14-10-1-2-11(12(16)9-10)13(3-4-15)18-7-5-17-6-8-18;/h1-2,9,13,17H,3-8H2;1H/t13-;/m0./s1. The summed E-state index contributed by atoms with van der Waals surface area (Å²) in [7, 11) is 0. The minimum Gasteiger partial charge on any atom is -0.314 e. The van der Waals surface area contributed by atoms with Crippen molar-refractivity contribution in [1.82, 2.24) is 10.2 Å². The molecule has 6 heteroatoms. The van der Waals surface area contributed by atoms with Crippen molar-refractivity contribution in [3.8, 4) is 0 Å². The first-order valence-electron chi connectivity index (χ1n) is 6.18. The lowest BCUT2D eigenvalue weighted by Gasteiger charge is -2.35. The van der Waals surface area contributed by atoms with Crippen LogP contribution >= 0.6 is 28.3 Å². The molecule has 2 nitrogen and oxygen atoms in total.